The molecule has 0 aromatic heterocycles. The van der Waals surface area contributed by atoms with Gasteiger partial charge in [0, 0.05) is 11.5 Å². The van der Waals surface area contributed by atoms with E-state index in [1.807, 2.05) is 0 Å². The van der Waals surface area contributed by atoms with Gasteiger partial charge in [0.1, 0.15) is 6.61 Å². The predicted octanol–water partition coefficient (Wildman–Crippen LogP) is 3.03. The van der Waals surface area contributed by atoms with Gasteiger partial charge in [0.25, 0.3) is 0 Å². The lowest BCUT2D eigenvalue weighted by Gasteiger charge is -2.43. The van der Waals surface area contributed by atoms with Crippen molar-refractivity contribution in [3.8, 4) is 11.5 Å². The van der Waals surface area contributed by atoms with Crippen LogP contribution in [0.1, 0.15) is 24.3 Å². The fraction of sp³-hybridized carbons (Fsp3) is 0.571. The third-order valence-corrected chi connectivity index (χ3v) is 4.78. The summed E-state index contributed by atoms with van der Waals surface area (Å²) < 4.78 is 12.4. The van der Waals surface area contributed by atoms with Crippen LogP contribution in [-0.2, 0) is 0 Å². The quantitative estimate of drug-likeness (QED) is 0.796. The summed E-state index contributed by atoms with van der Waals surface area (Å²) in [6, 6.07) is 4.76. The maximum Gasteiger partial charge on any atom is 0.175 e. The Labute approximate surface area is 116 Å². The fourth-order valence-corrected chi connectivity index (χ4v) is 3.66. The van der Waals surface area contributed by atoms with Crippen LogP contribution in [0.25, 0.3) is 0 Å². The first kappa shape index (κ1) is 12.3. The first-order chi connectivity index (χ1) is 8.72. The average molecular weight is 312 g/mol. The molecule has 3 rings (SSSR count). The maximum atomic E-state index is 5.97. The minimum atomic E-state index is 0.511. The summed E-state index contributed by atoms with van der Waals surface area (Å²) in [5.41, 5.74) is 1.30. The van der Waals surface area contributed by atoms with Crippen LogP contribution in [0.15, 0.2) is 16.6 Å². The molecule has 0 bridgehead atoms. The molecule has 0 radical (unpaired) electrons. The molecule has 1 aromatic carbocycles. The van der Waals surface area contributed by atoms with E-state index in [2.05, 4.69) is 40.0 Å². The highest BCUT2D eigenvalue weighted by Gasteiger charge is 2.37. The standard InChI is InChI=1S/C14H18BrNO2/c1-16-7-3-4-9-10-5-6-11(15)14(17-2)13(10)18-8-12(9)16/h5-6,9,12H,3-4,7-8H2,1-2H3. The second-order valence-corrected chi connectivity index (χ2v) is 5.96. The molecule has 98 valence electrons. The van der Waals surface area contributed by atoms with Gasteiger partial charge in [0.15, 0.2) is 11.5 Å². The van der Waals surface area contributed by atoms with E-state index in [0.717, 1.165) is 22.6 Å². The highest BCUT2D eigenvalue weighted by Crippen LogP contribution is 2.47. The van der Waals surface area contributed by atoms with E-state index < -0.39 is 0 Å². The zero-order valence-electron chi connectivity index (χ0n) is 10.8. The lowest BCUT2D eigenvalue weighted by atomic mass is 9.82. The van der Waals surface area contributed by atoms with Crippen LogP contribution in [0.2, 0.25) is 0 Å². The van der Waals surface area contributed by atoms with Crippen molar-refractivity contribution in [2.24, 2.45) is 0 Å². The Kier molecular flexibility index (Phi) is 3.24. The molecule has 1 saturated heterocycles. The van der Waals surface area contributed by atoms with Crippen molar-refractivity contribution in [3.05, 3.63) is 22.2 Å². The Hall–Kier alpha value is -0.740. The Morgan fingerprint density at radius 3 is 3.06 bits per heavy atom. The lowest BCUT2D eigenvalue weighted by Crippen LogP contribution is -2.47. The number of nitrogens with zero attached hydrogens (tertiary/aromatic N) is 1. The Morgan fingerprint density at radius 2 is 2.28 bits per heavy atom. The summed E-state index contributed by atoms with van der Waals surface area (Å²) in [4.78, 5) is 2.42. The molecule has 18 heavy (non-hydrogen) atoms. The van der Waals surface area contributed by atoms with Gasteiger partial charge in [-0.05, 0) is 48.4 Å². The van der Waals surface area contributed by atoms with E-state index in [0.29, 0.717) is 12.0 Å². The van der Waals surface area contributed by atoms with Gasteiger partial charge in [-0.2, -0.15) is 0 Å². The fourth-order valence-electron chi connectivity index (χ4n) is 3.19. The number of likely N-dealkylation sites (tertiary alicyclic amines) is 1. The largest absolute Gasteiger partial charge is 0.492 e. The molecule has 0 spiro atoms. The predicted molar refractivity (Wildman–Crippen MR) is 74.6 cm³/mol. The van der Waals surface area contributed by atoms with E-state index in [1.54, 1.807) is 7.11 Å². The number of hydrogen-bond acceptors (Lipinski definition) is 3. The molecule has 0 aliphatic carbocycles. The number of likely N-dealkylation sites (N-methyl/N-ethyl adjacent to an activating group) is 1. The van der Waals surface area contributed by atoms with Crippen molar-refractivity contribution in [1.82, 2.24) is 4.90 Å². The van der Waals surface area contributed by atoms with Crippen molar-refractivity contribution < 1.29 is 9.47 Å². The van der Waals surface area contributed by atoms with Gasteiger partial charge >= 0.3 is 0 Å². The van der Waals surface area contributed by atoms with Crippen LogP contribution in [-0.4, -0.2) is 38.3 Å². The van der Waals surface area contributed by atoms with Crippen molar-refractivity contribution in [1.29, 1.82) is 0 Å². The first-order valence-corrected chi connectivity index (χ1v) is 7.21. The van der Waals surface area contributed by atoms with Crippen LogP contribution in [0, 0.1) is 0 Å². The van der Waals surface area contributed by atoms with Crippen molar-refractivity contribution in [2.75, 3.05) is 27.3 Å². The molecule has 0 saturated carbocycles. The summed E-state index contributed by atoms with van der Waals surface area (Å²) in [5, 5.41) is 0. The van der Waals surface area contributed by atoms with Gasteiger partial charge in [-0.15, -0.1) is 0 Å². The molecule has 4 heteroatoms. The molecule has 3 nitrogen and oxygen atoms in total. The van der Waals surface area contributed by atoms with E-state index in [4.69, 9.17) is 9.47 Å². The monoisotopic (exact) mass is 311 g/mol. The average Bonchev–Trinajstić information content (AvgIpc) is 2.38. The van der Waals surface area contributed by atoms with Crippen molar-refractivity contribution in [3.63, 3.8) is 0 Å². The summed E-state index contributed by atoms with van der Waals surface area (Å²) in [5.74, 6) is 2.34. The van der Waals surface area contributed by atoms with Gasteiger partial charge < -0.3 is 9.47 Å². The number of methoxy groups -OCH3 is 1. The minimum absolute atomic E-state index is 0.511. The molecule has 2 aliphatic heterocycles. The van der Waals surface area contributed by atoms with Crippen LogP contribution in [0.4, 0.5) is 0 Å². The molecule has 0 amide bonds. The van der Waals surface area contributed by atoms with Gasteiger partial charge in [0.2, 0.25) is 0 Å². The smallest absolute Gasteiger partial charge is 0.175 e. The topological polar surface area (TPSA) is 21.7 Å². The summed E-state index contributed by atoms with van der Waals surface area (Å²) in [7, 11) is 3.89. The summed E-state index contributed by atoms with van der Waals surface area (Å²) in [6.07, 6.45) is 2.51. The van der Waals surface area contributed by atoms with Gasteiger partial charge in [-0.3, -0.25) is 4.90 Å². The molecule has 1 fully saturated rings. The Morgan fingerprint density at radius 1 is 1.44 bits per heavy atom. The number of benzene rings is 1. The number of halogens is 1. The second-order valence-electron chi connectivity index (χ2n) is 5.11. The van der Waals surface area contributed by atoms with Crippen LogP contribution < -0.4 is 9.47 Å². The summed E-state index contributed by atoms with van der Waals surface area (Å²) in [6.45, 7) is 1.94. The second kappa shape index (κ2) is 4.74. The number of ether oxygens (including phenoxy) is 2. The Bertz CT molecular complexity index is 463. The molecule has 1 aromatic rings. The number of piperidine rings is 1. The van der Waals surface area contributed by atoms with Crippen LogP contribution in [0.3, 0.4) is 0 Å². The van der Waals surface area contributed by atoms with Crippen LogP contribution in [0.5, 0.6) is 11.5 Å². The van der Waals surface area contributed by atoms with Crippen molar-refractivity contribution in [2.45, 2.75) is 24.8 Å². The van der Waals surface area contributed by atoms with Crippen LogP contribution >= 0.6 is 15.9 Å². The molecule has 2 heterocycles. The van der Waals surface area contributed by atoms with E-state index >= 15 is 0 Å². The van der Waals surface area contributed by atoms with E-state index in [1.165, 1.54) is 24.9 Å². The minimum Gasteiger partial charge on any atom is -0.492 e. The number of hydrogen-bond donors (Lipinski definition) is 0. The summed E-state index contributed by atoms with van der Waals surface area (Å²) >= 11 is 3.52. The zero-order valence-corrected chi connectivity index (χ0v) is 12.4. The van der Waals surface area contributed by atoms with Gasteiger partial charge in [-0.1, -0.05) is 6.07 Å². The normalized spacial score (nSPS) is 27.1. The molecule has 2 aliphatic rings. The van der Waals surface area contributed by atoms with E-state index in [9.17, 15) is 0 Å². The van der Waals surface area contributed by atoms with Gasteiger partial charge in [0.05, 0.1) is 17.6 Å². The Balaban J connectivity index is 2.05. The number of rotatable bonds is 1. The van der Waals surface area contributed by atoms with Crippen molar-refractivity contribution >= 4 is 15.9 Å². The third kappa shape index (κ3) is 1.82. The highest BCUT2D eigenvalue weighted by molar-refractivity contribution is 9.10. The third-order valence-electron chi connectivity index (χ3n) is 4.15. The number of fused-ring (bicyclic) bond motifs is 3. The molecule has 0 N–H and O–H groups in total. The molecular formula is C14H18BrNO2. The molecular weight excluding hydrogens is 294 g/mol. The maximum absolute atomic E-state index is 5.97. The van der Waals surface area contributed by atoms with E-state index in [-0.39, 0.29) is 0 Å². The van der Waals surface area contributed by atoms with Gasteiger partial charge in [-0.25, -0.2) is 0 Å². The molecule has 2 atom stereocenters. The highest BCUT2D eigenvalue weighted by atomic mass is 79.9. The lowest BCUT2D eigenvalue weighted by molar-refractivity contribution is 0.0847. The first-order valence-electron chi connectivity index (χ1n) is 6.41. The molecule has 2 unspecified atom stereocenters. The zero-order chi connectivity index (χ0) is 12.7. The SMILES string of the molecule is COc1c(Br)ccc2c1OCC1C2CCCN1C.